The van der Waals surface area contributed by atoms with Crippen LogP contribution in [0, 0.1) is 0 Å². The molecule has 2 aromatic rings. The number of guanidine groups is 1. The number of aromatic hydroxyl groups is 1. The van der Waals surface area contributed by atoms with Crippen molar-refractivity contribution in [1.29, 1.82) is 0 Å². The second-order valence-electron chi connectivity index (χ2n) is 7.25. The van der Waals surface area contributed by atoms with Crippen LogP contribution >= 0.6 is 0 Å². The molecule has 3 N–H and O–H groups in total. The van der Waals surface area contributed by atoms with Crippen molar-refractivity contribution in [2.45, 2.75) is 32.2 Å². The van der Waals surface area contributed by atoms with Crippen LogP contribution in [0.1, 0.15) is 25.3 Å². The molecule has 3 rings (SSSR count). The summed E-state index contributed by atoms with van der Waals surface area (Å²) in [4.78, 5) is 7.14. The molecule has 2 aromatic carbocycles. The maximum Gasteiger partial charge on any atom is 0.191 e. The van der Waals surface area contributed by atoms with Gasteiger partial charge in [-0.1, -0.05) is 24.3 Å². The minimum absolute atomic E-state index is 0.255. The number of piperidine rings is 1. The van der Waals surface area contributed by atoms with Gasteiger partial charge in [-0.3, -0.25) is 4.99 Å². The Morgan fingerprint density at radius 2 is 1.93 bits per heavy atom. The lowest BCUT2D eigenvalue weighted by Crippen LogP contribution is -2.48. The van der Waals surface area contributed by atoms with Crippen LogP contribution < -0.4 is 20.3 Å². The molecule has 1 heterocycles. The van der Waals surface area contributed by atoms with E-state index in [0.717, 1.165) is 44.0 Å². The summed E-state index contributed by atoms with van der Waals surface area (Å²) in [5.74, 6) is 1.76. The van der Waals surface area contributed by atoms with Crippen molar-refractivity contribution in [2.24, 2.45) is 4.99 Å². The van der Waals surface area contributed by atoms with Crippen molar-refractivity contribution < 1.29 is 9.84 Å². The largest absolute Gasteiger partial charge is 0.508 e. The highest BCUT2D eigenvalue weighted by atomic mass is 16.5. The third kappa shape index (κ3) is 6.04. The minimum atomic E-state index is 0.255. The van der Waals surface area contributed by atoms with Crippen molar-refractivity contribution in [3.05, 3.63) is 54.1 Å². The summed E-state index contributed by atoms with van der Waals surface area (Å²) in [6.45, 7) is 5.59. The van der Waals surface area contributed by atoms with Crippen molar-refractivity contribution in [3.63, 3.8) is 0 Å². The molecule has 1 aliphatic rings. The molecule has 29 heavy (non-hydrogen) atoms. The first kappa shape index (κ1) is 20.8. The van der Waals surface area contributed by atoms with Crippen LogP contribution in [-0.2, 0) is 6.42 Å². The van der Waals surface area contributed by atoms with E-state index in [4.69, 9.17) is 9.73 Å². The van der Waals surface area contributed by atoms with Crippen LogP contribution in [0.4, 0.5) is 5.69 Å². The Kier molecular flexibility index (Phi) is 7.61. The molecule has 1 saturated heterocycles. The van der Waals surface area contributed by atoms with Crippen LogP contribution in [0.2, 0.25) is 0 Å². The van der Waals surface area contributed by atoms with Gasteiger partial charge in [0.05, 0.1) is 7.11 Å². The number of phenols is 1. The maximum atomic E-state index is 10.1. The highest BCUT2D eigenvalue weighted by Gasteiger charge is 2.20. The lowest BCUT2D eigenvalue weighted by molar-refractivity contribution is 0.406. The quantitative estimate of drug-likeness (QED) is 0.495. The molecule has 6 nitrogen and oxygen atoms in total. The number of benzene rings is 2. The predicted molar refractivity (Wildman–Crippen MR) is 119 cm³/mol. The van der Waals surface area contributed by atoms with Crippen molar-refractivity contribution in [3.8, 4) is 11.5 Å². The van der Waals surface area contributed by atoms with Crippen LogP contribution in [0.3, 0.4) is 0 Å². The molecule has 0 aliphatic carbocycles. The van der Waals surface area contributed by atoms with E-state index < -0.39 is 0 Å². The van der Waals surface area contributed by atoms with Crippen LogP contribution in [0.15, 0.2) is 53.5 Å². The minimum Gasteiger partial charge on any atom is -0.508 e. The number of para-hydroxylation sites is 1. The van der Waals surface area contributed by atoms with Gasteiger partial charge in [0, 0.05) is 44.0 Å². The summed E-state index contributed by atoms with van der Waals surface area (Å²) >= 11 is 0. The summed E-state index contributed by atoms with van der Waals surface area (Å²) in [7, 11) is 1.59. The van der Waals surface area contributed by atoms with Crippen molar-refractivity contribution in [1.82, 2.24) is 10.6 Å². The van der Waals surface area contributed by atoms with Gasteiger partial charge in [-0.05, 0) is 49.9 Å². The standard InChI is InChI=1S/C23H32N4O2/c1-3-24-23(25-14-11-18-9-10-21(29-2)17-22(18)28)26-19-12-15-27(16-13-19)20-7-5-4-6-8-20/h4-10,17,19,28H,3,11-16H2,1-2H3,(H2,24,25,26). The Morgan fingerprint density at radius 1 is 1.17 bits per heavy atom. The zero-order valence-electron chi connectivity index (χ0n) is 17.4. The highest BCUT2D eigenvalue weighted by molar-refractivity contribution is 5.80. The fraction of sp³-hybridized carbons (Fsp3) is 0.435. The lowest BCUT2D eigenvalue weighted by atomic mass is 10.0. The third-order valence-electron chi connectivity index (χ3n) is 5.24. The molecule has 0 atom stereocenters. The SMILES string of the molecule is CCNC(=NCCc1ccc(OC)cc1O)NC1CCN(c2ccccc2)CC1. The van der Waals surface area contributed by atoms with Crippen LogP contribution in [0.5, 0.6) is 11.5 Å². The molecule has 0 spiro atoms. The molecule has 0 bridgehead atoms. The van der Waals surface area contributed by atoms with E-state index in [9.17, 15) is 5.11 Å². The monoisotopic (exact) mass is 396 g/mol. The number of phenolic OH excluding ortho intramolecular Hbond substituents is 1. The Bertz CT molecular complexity index is 787. The average Bonchev–Trinajstić information content (AvgIpc) is 2.76. The molecule has 156 valence electrons. The van der Waals surface area contributed by atoms with E-state index in [1.54, 1.807) is 13.2 Å². The van der Waals surface area contributed by atoms with Gasteiger partial charge in [-0.15, -0.1) is 0 Å². The molecule has 0 unspecified atom stereocenters. The van der Waals surface area contributed by atoms with Gasteiger partial charge >= 0.3 is 0 Å². The Hall–Kier alpha value is -2.89. The number of hydrogen-bond acceptors (Lipinski definition) is 4. The van der Waals surface area contributed by atoms with E-state index in [1.807, 2.05) is 12.1 Å². The lowest BCUT2D eigenvalue weighted by Gasteiger charge is -2.34. The highest BCUT2D eigenvalue weighted by Crippen LogP contribution is 2.23. The number of nitrogens with zero attached hydrogens (tertiary/aromatic N) is 2. The molecule has 1 fully saturated rings. The fourth-order valence-electron chi connectivity index (χ4n) is 3.60. The Morgan fingerprint density at radius 3 is 2.59 bits per heavy atom. The van der Waals surface area contributed by atoms with Gasteiger partial charge < -0.3 is 25.4 Å². The van der Waals surface area contributed by atoms with Crippen molar-refractivity contribution in [2.75, 3.05) is 38.2 Å². The van der Waals surface area contributed by atoms with E-state index >= 15 is 0 Å². The topological polar surface area (TPSA) is 69.1 Å². The summed E-state index contributed by atoms with van der Waals surface area (Å²) in [6.07, 6.45) is 2.84. The van der Waals surface area contributed by atoms with Crippen LogP contribution in [-0.4, -0.2) is 50.4 Å². The van der Waals surface area contributed by atoms with Gasteiger partial charge in [0.25, 0.3) is 0 Å². The molecule has 1 aliphatic heterocycles. The first-order chi connectivity index (χ1) is 14.2. The van der Waals surface area contributed by atoms with E-state index in [-0.39, 0.29) is 5.75 Å². The first-order valence-electron chi connectivity index (χ1n) is 10.4. The summed E-state index contributed by atoms with van der Waals surface area (Å²) in [5, 5.41) is 17.0. The molecule has 6 heteroatoms. The molecule has 0 saturated carbocycles. The average molecular weight is 397 g/mol. The third-order valence-corrected chi connectivity index (χ3v) is 5.24. The second kappa shape index (κ2) is 10.6. The Labute approximate surface area is 173 Å². The maximum absolute atomic E-state index is 10.1. The zero-order valence-corrected chi connectivity index (χ0v) is 17.4. The number of nitrogens with one attached hydrogen (secondary N) is 2. The van der Waals surface area contributed by atoms with Gasteiger partial charge in [0.1, 0.15) is 11.5 Å². The number of methoxy groups -OCH3 is 1. The smallest absolute Gasteiger partial charge is 0.191 e. The molecule has 0 aromatic heterocycles. The zero-order chi connectivity index (χ0) is 20.5. The normalized spacial score (nSPS) is 15.2. The van der Waals surface area contributed by atoms with Gasteiger partial charge in [0.2, 0.25) is 0 Å². The van der Waals surface area contributed by atoms with Crippen molar-refractivity contribution >= 4 is 11.6 Å². The Balaban J connectivity index is 1.51. The van der Waals surface area contributed by atoms with Gasteiger partial charge in [-0.25, -0.2) is 0 Å². The van der Waals surface area contributed by atoms with Crippen LogP contribution in [0.25, 0.3) is 0 Å². The number of anilines is 1. The number of rotatable bonds is 7. The van der Waals surface area contributed by atoms with E-state index in [2.05, 4.69) is 52.8 Å². The van der Waals surface area contributed by atoms with Gasteiger partial charge in [-0.2, -0.15) is 0 Å². The van der Waals surface area contributed by atoms with E-state index in [1.165, 1.54) is 5.69 Å². The van der Waals surface area contributed by atoms with E-state index in [0.29, 0.717) is 24.8 Å². The molecular weight excluding hydrogens is 364 g/mol. The molecule has 0 radical (unpaired) electrons. The summed E-state index contributed by atoms with van der Waals surface area (Å²) < 4.78 is 5.13. The second-order valence-corrected chi connectivity index (χ2v) is 7.25. The number of hydrogen-bond donors (Lipinski definition) is 3. The number of ether oxygens (including phenoxy) is 1. The number of aliphatic imine (C=N–C) groups is 1. The predicted octanol–water partition coefficient (Wildman–Crippen LogP) is 3.17. The summed E-state index contributed by atoms with van der Waals surface area (Å²) in [6, 6.07) is 16.4. The molecular formula is C23H32N4O2. The fourth-order valence-corrected chi connectivity index (χ4v) is 3.60. The summed E-state index contributed by atoms with van der Waals surface area (Å²) in [5.41, 5.74) is 2.17. The van der Waals surface area contributed by atoms with Gasteiger partial charge in [0.15, 0.2) is 5.96 Å². The molecule has 0 amide bonds. The first-order valence-corrected chi connectivity index (χ1v) is 10.4.